The molecule has 3 heterocycles. The molecule has 0 radical (unpaired) electrons. The highest BCUT2D eigenvalue weighted by molar-refractivity contribution is 5.23. The highest BCUT2D eigenvalue weighted by Crippen LogP contribution is 2.33. The number of aliphatic hydroxyl groups is 5. The Bertz CT molecular complexity index is 686. The summed E-state index contributed by atoms with van der Waals surface area (Å²) in [7, 11) is 0. The Labute approximate surface area is 147 Å². The molecule has 2 saturated heterocycles. The van der Waals surface area contributed by atoms with Crippen LogP contribution in [0.4, 0.5) is 5.82 Å². The molecule has 146 valence electrons. The van der Waals surface area contributed by atoms with E-state index < -0.39 is 61.4 Å². The van der Waals surface area contributed by atoms with E-state index >= 15 is 0 Å². The lowest BCUT2D eigenvalue weighted by atomic mass is 10.1. The van der Waals surface area contributed by atoms with Crippen molar-refractivity contribution in [1.82, 2.24) is 9.55 Å². The van der Waals surface area contributed by atoms with Gasteiger partial charge in [-0.1, -0.05) is 0 Å². The Morgan fingerprint density at radius 2 is 2.00 bits per heavy atom. The van der Waals surface area contributed by atoms with Crippen LogP contribution in [0.3, 0.4) is 0 Å². The predicted octanol–water partition coefficient (Wildman–Crippen LogP) is -4.10. The molecule has 0 amide bonds. The van der Waals surface area contributed by atoms with E-state index in [4.69, 9.17) is 19.9 Å². The minimum atomic E-state index is -1.60. The van der Waals surface area contributed by atoms with Gasteiger partial charge >= 0.3 is 5.69 Å². The molecule has 0 bridgehead atoms. The van der Waals surface area contributed by atoms with Crippen LogP contribution in [-0.2, 0) is 14.2 Å². The molecule has 0 saturated carbocycles. The third-order valence-corrected chi connectivity index (χ3v) is 4.36. The lowest BCUT2D eigenvalue weighted by molar-refractivity contribution is -0.293. The van der Waals surface area contributed by atoms with Gasteiger partial charge in [-0.3, -0.25) is 4.57 Å². The van der Waals surface area contributed by atoms with Crippen LogP contribution in [0.15, 0.2) is 17.1 Å². The summed E-state index contributed by atoms with van der Waals surface area (Å²) in [4.78, 5) is 15.6. The lowest BCUT2D eigenvalue weighted by Gasteiger charge is -2.37. The first kappa shape index (κ1) is 19.1. The van der Waals surface area contributed by atoms with Crippen LogP contribution >= 0.6 is 0 Å². The second kappa shape index (κ2) is 7.54. The second-order valence-electron chi connectivity index (χ2n) is 6.13. The first-order valence-corrected chi connectivity index (χ1v) is 7.93. The SMILES string of the molecule is Nc1ccn([C@@H]2O[C@H](CO)[C@@H](O)[C@H]2O[C@@H]2OC[C@@H](O)[C@@H](O)[C@H]2O)c(=O)n1. The van der Waals surface area contributed by atoms with E-state index in [-0.39, 0.29) is 12.4 Å². The van der Waals surface area contributed by atoms with Crippen molar-refractivity contribution >= 4 is 5.82 Å². The molecule has 2 aliphatic rings. The van der Waals surface area contributed by atoms with Gasteiger partial charge < -0.3 is 45.5 Å². The van der Waals surface area contributed by atoms with E-state index in [1.54, 1.807) is 0 Å². The van der Waals surface area contributed by atoms with Crippen LogP contribution in [0.5, 0.6) is 0 Å². The topological polar surface area (TPSA) is 190 Å². The molecule has 1 aromatic rings. The number of nitrogen functional groups attached to an aromatic ring is 1. The lowest BCUT2D eigenvalue weighted by Crippen LogP contribution is -2.55. The molecular formula is C14H21N3O9. The molecule has 3 rings (SSSR count). The first-order valence-electron chi connectivity index (χ1n) is 7.93. The molecule has 8 atom stereocenters. The summed E-state index contributed by atoms with van der Waals surface area (Å²) in [6.07, 6.45) is -9.37. The summed E-state index contributed by atoms with van der Waals surface area (Å²) in [5.41, 5.74) is 4.68. The molecular weight excluding hydrogens is 354 g/mol. The number of nitrogens with two attached hydrogens (primary N) is 1. The van der Waals surface area contributed by atoms with Crippen molar-refractivity contribution in [3.05, 3.63) is 22.7 Å². The largest absolute Gasteiger partial charge is 0.394 e. The van der Waals surface area contributed by atoms with Gasteiger partial charge in [0, 0.05) is 6.20 Å². The molecule has 7 N–H and O–H groups in total. The van der Waals surface area contributed by atoms with E-state index in [0.717, 1.165) is 4.57 Å². The minimum absolute atomic E-state index is 0.0101. The Morgan fingerprint density at radius 3 is 2.65 bits per heavy atom. The van der Waals surface area contributed by atoms with Crippen LogP contribution in [0.25, 0.3) is 0 Å². The van der Waals surface area contributed by atoms with Crippen molar-refractivity contribution in [2.24, 2.45) is 0 Å². The molecule has 1 aromatic heterocycles. The molecule has 0 aliphatic carbocycles. The van der Waals surface area contributed by atoms with Crippen molar-refractivity contribution in [3.8, 4) is 0 Å². The Hall–Kier alpha value is -1.64. The number of nitrogens with zero attached hydrogens (tertiary/aromatic N) is 2. The van der Waals surface area contributed by atoms with Gasteiger partial charge in [0.2, 0.25) is 0 Å². The highest BCUT2D eigenvalue weighted by Gasteiger charge is 2.49. The minimum Gasteiger partial charge on any atom is -0.394 e. The summed E-state index contributed by atoms with van der Waals surface area (Å²) < 4.78 is 17.2. The fourth-order valence-corrected chi connectivity index (χ4v) is 2.91. The van der Waals surface area contributed by atoms with Crippen molar-refractivity contribution in [2.45, 2.75) is 49.1 Å². The maximum atomic E-state index is 12.1. The number of ether oxygens (including phenoxy) is 3. The average Bonchev–Trinajstić information content (AvgIpc) is 2.91. The molecule has 0 unspecified atom stereocenters. The first-order chi connectivity index (χ1) is 12.3. The highest BCUT2D eigenvalue weighted by atomic mass is 16.7. The number of hydrogen-bond donors (Lipinski definition) is 6. The maximum absolute atomic E-state index is 12.1. The van der Waals surface area contributed by atoms with Crippen LogP contribution < -0.4 is 11.4 Å². The molecule has 2 aliphatic heterocycles. The molecule has 26 heavy (non-hydrogen) atoms. The molecule has 0 spiro atoms. The smallest absolute Gasteiger partial charge is 0.351 e. The maximum Gasteiger partial charge on any atom is 0.351 e. The van der Waals surface area contributed by atoms with E-state index in [1.165, 1.54) is 12.3 Å². The van der Waals surface area contributed by atoms with Gasteiger partial charge in [0.05, 0.1) is 13.2 Å². The van der Waals surface area contributed by atoms with E-state index in [1.807, 2.05) is 0 Å². The van der Waals surface area contributed by atoms with Crippen molar-refractivity contribution in [3.63, 3.8) is 0 Å². The summed E-state index contributed by atoms with van der Waals surface area (Å²) in [5.74, 6) is -0.0101. The number of anilines is 1. The van der Waals surface area contributed by atoms with Crippen LogP contribution in [0.2, 0.25) is 0 Å². The quantitative estimate of drug-likeness (QED) is 0.300. The molecule has 2 fully saturated rings. The normalized spacial score (nSPS) is 40.7. The Balaban J connectivity index is 1.85. The van der Waals surface area contributed by atoms with E-state index in [2.05, 4.69) is 4.98 Å². The molecule has 0 aromatic carbocycles. The van der Waals surface area contributed by atoms with Gasteiger partial charge in [-0.2, -0.15) is 4.98 Å². The monoisotopic (exact) mass is 375 g/mol. The predicted molar refractivity (Wildman–Crippen MR) is 82.5 cm³/mol. The number of aromatic nitrogens is 2. The summed E-state index contributed by atoms with van der Waals surface area (Å²) >= 11 is 0. The summed E-state index contributed by atoms with van der Waals surface area (Å²) in [6.45, 7) is -0.853. The summed E-state index contributed by atoms with van der Waals surface area (Å²) in [5, 5.41) is 48.9. The Kier molecular flexibility index (Phi) is 5.55. The van der Waals surface area contributed by atoms with Gasteiger partial charge in [0.1, 0.15) is 42.4 Å². The standard InChI is InChI=1S/C14H21N3O9/c15-7-1-2-17(14(23)16-7)12-11(9(21)6(3-18)25-12)26-13-10(22)8(20)5(19)4-24-13/h1-2,5-6,8-13,18-22H,3-4H2,(H2,15,16,23)/t5-,6-,8-,9-,10-,11-,12-,13+/m1/s1. The van der Waals surface area contributed by atoms with E-state index in [9.17, 15) is 30.3 Å². The van der Waals surface area contributed by atoms with Gasteiger partial charge in [-0.15, -0.1) is 0 Å². The third kappa shape index (κ3) is 3.45. The third-order valence-electron chi connectivity index (χ3n) is 4.36. The van der Waals surface area contributed by atoms with Crippen LogP contribution in [-0.4, -0.2) is 91.2 Å². The average molecular weight is 375 g/mol. The fraction of sp³-hybridized carbons (Fsp3) is 0.714. The number of hydrogen-bond acceptors (Lipinski definition) is 11. The zero-order valence-electron chi connectivity index (χ0n) is 13.5. The van der Waals surface area contributed by atoms with Gasteiger partial charge in [-0.05, 0) is 6.07 Å². The van der Waals surface area contributed by atoms with Crippen LogP contribution in [0, 0.1) is 0 Å². The second-order valence-corrected chi connectivity index (χ2v) is 6.13. The molecule has 12 heteroatoms. The van der Waals surface area contributed by atoms with Crippen molar-refractivity contribution < 1.29 is 39.7 Å². The van der Waals surface area contributed by atoms with Crippen molar-refractivity contribution in [2.75, 3.05) is 18.9 Å². The zero-order chi connectivity index (χ0) is 19.0. The van der Waals surface area contributed by atoms with Gasteiger partial charge in [-0.25, -0.2) is 4.79 Å². The number of aliphatic hydroxyl groups excluding tert-OH is 5. The summed E-state index contributed by atoms with van der Waals surface area (Å²) in [6, 6.07) is 1.34. The van der Waals surface area contributed by atoms with Gasteiger partial charge in [0.15, 0.2) is 12.5 Å². The van der Waals surface area contributed by atoms with Gasteiger partial charge in [0.25, 0.3) is 0 Å². The zero-order valence-corrected chi connectivity index (χ0v) is 13.5. The van der Waals surface area contributed by atoms with Crippen molar-refractivity contribution in [1.29, 1.82) is 0 Å². The van der Waals surface area contributed by atoms with Crippen LogP contribution in [0.1, 0.15) is 6.23 Å². The Morgan fingerprint density at radius 1 is 1.27 bits per heavy atom. The van der Waals surface area contributed by atoms with E-state index in [0.29, 0.717) is 0 Å². The number of rotatable bonds is 4. The molecule has 12 nitrogen and oxygen atoms in total. The fourth-order valence-electron chi connectivity index (χ4n) is 2.91.